The van der Waals surface area contributed by atoms with Gasteiger partial charge < -0.3 is 20.7 Å². The Kier molecular flexibility index (Phi) is 2.62. The largest absolute Gasteiger partial charge is 0.394 e. The number of hydrogen-bond acceptors (Lipinski definition) is 4. The summed E-state index contributed by atoms with van der Waals surface area (Å²) in [4.78, 5) is 0. The van der Waals surface area contributed by atoms with E-state index in [1.807, 2.05) is 0 Å². The minimum Gasteiger partial charge on any atom is -0.394 e. The first-order chi connectivity index (χ1) is 4.72. The molecular formula is C6H13NO3. The van der Waals surface area contributed by atoms with Gasteiger partial charge in [-0.2, -0.15) is 0 Å². The molecule has 4 nitrogen and oxygen atoms in total. The van der Waals surface area contributed by atoms with Crippen molar-refractivity contribution in [2.75, 3.05) is 6.61 Å². The highest BCUT2D eigenvalue weighted by molar-refractivity contribution is 4.73. The van der Waals surface area contributed by atoms with Gasteiger partial charge in [-0.15, -0.1) is 0 Å². The van der Waals surface area contributed by atoms with E-state index in [1.165, 1.54) is 0 Å². The quantitative estimate of drug-likeness (QED) is 0.435. The van der Waals surface area contributed by atoms with Gasteiger partial charge >= 0.3 is 0 Å². The van der Waals surface area contributed by atoms with Crippen molar-refractivity contribution < 1.29 is 14.9 Å². The summed E-state index contributed by atoms with van der Waals surface area (Å²) in [6.07, 6.45) is -0.152. The first kappa shape index (κ1) is 7.94. The molecule has 4 N–H and O–H groups in total. The Morgan fingerprint density at radius 3 is 2.70 bits per heavy atom. The van der Waals surface area contributed by atoms with Crippen LogP contribution in [0.3, 0.4) is 0 Å². The van der Waals surface area contributed by atoms with E-state index in [1.54, 1.807) is 0 Å². The lowest BCUT2D eigenvalue weighted by Gasteiger charge is -2.29. The second-order valence-corrected chi connectivity index (χ2v) is 2.60. The summed E-state index contributed by atoms with van der Waals surface area (Å²) in [7, 11) is 0. The smallest absolute Gasteiger partial charge is 0.108 e. The first-order valence-electron chi connectivity index (χ1n) is 3.42. The van der Waals surface area contributed by atoms with Crippen molar-refractivity contribution in [1.29, 1.82) is 0 Å². The zero-order valence-electron chi connectivity index (χ0n) is 5.73. The molecule has 1 aliphatic heterocycles. The van der Waals surface area contributed by atoms with E-state index >= 15 is 0 Å². The van der Waals surface area contributed by atoms with Crippen molar-refractivity contribution in [2.45, 2.75) is 31.3 Å². The fourth-order valence-corrected chi connectivity index (χ4v) is 1.14. The predicted octanol–water partition coefficient (Wildman–Crippen LogP) is -1.20. The lowest BCUT2D eigenvalue weighted by atomic mass is 10.1. The highest BCUT2D eigenvalue weighted by Crippen LogP contribution is 2.15. The van der Waals surface area contributed by atoms with Crippen molar-refractivity contribution in [2.24, 2.45) is 5.73 Å². The molecule has 0 aromatic carbocycles. The first-order valence-corrected chi connectivity index (χ1v) is 3.42. The predicted molar refractivity (Wildman–Crippen MR) is 35.2 cm³/mol. The zero-order chi connectivity index (χ0) is 7.56. The van der Waals surface area contributed by atoms with Gasteiger partial charge in [0.25, 0.3) is 0 Å². The van der Waals surface area contributed by atoms with Crippen molar-refractivity contribution in [3.63, 3.8) is 0 Å². The van der Waals surface area contributed by atoms with Gasteiger partial charge in [0.1, 0.15) is 6.23 Å². The highest BCUT2D eigenvalue weighted by atomic mass is 16.5. The summed E-state index contributed by atoms with van der Waals surface area (Å²) >= 11 is 0. The summed E-state index contributed by atoms with van der Waals surface area (Å²) in [5, 5.41) is 17.7. The average Bonchev–Trinajstić information content (AvgIpc) is 1.85. The third-order valence-electron chi connectivity index (χ3n) is 1.61. The van der Waals surface area contributed by atoms with Crippen LogP contribution in [-0.2, 0) is 4.74 Å². The van der Waals surface area contributed by atoms with Crippen LogP contribution in [0, 0.1) is 0 Å². The zero-order valence-corrected chi connectivity index (χ0v) is 5.73. The second-order valence-electron chi connectivity index (χ2n) is 2.60. The summed E-state index contributed by atoms with van der Waals surface area (Å²) in [6, 6.07) is 0. The molecule has 0 spiro atoms. The monoisotopic (exact) mass is 147 g/mol. The number of nitrogens with two attached hydrogens (primary N) is 1. The van der Waals surface area contributed by atoms with Gasteiger partial charge in [0.15, 0.2) is 0 Å². The van der Waals surface area contributed by atoms with E-state index in [9.17, 15) is 0 Å². The minimum atomic E-state index is -0.416. The molecule has 1 saturated heterocycles. The summed E-state index contributed by atoms with van der Waals surface area (Å²) < 4.78 is 5.07. The molecule has 3 atom stereocenters. The maximum atomic E-state index is 9.11. The molecule has 0 aromatic heterocycles. The summed E-state index contributed by atoms with van der Waals surface area (Å²) in [5.74, 6) is 0. The number of hydrogen-bond donors (Lipinski definition) is 3. The van der Waals surface area contributed by atoms with E-state index in [-0.39, 0.29) is 12.7 Å². The SMILES string of the molecule is NC1C[C@@H](O)C[C@@H](CO)O1. The van der Waals surface area contributed by atoms with Crippen LogP contribution < -0.4 is 5.73 Å². The molecule has 1 unspecified atom stereocenters. The normalized spacial score (nSPS) is 41.7. The van der Waals surface area contributed by atoms with Crippen LogP contribution in [0.4, 0.5) is 0 Å². The number of aliphatic hydroxyl groups is 2. The van der Waals surface area contributed by atoms with Crippen LogP contribution in [0.2, 0.25) is 0 Å². The van der Waals surface area contributed by atoms with Gasteiger partial charge in [0.2, 0.25) is 0 Å². The molecule has 0 aliphatic carbocycles. The third kappa shape index (κ3) is 1.91. The number of ether oxygens (including phenoxy) is 1. The lowest BCUT2D eigenvalue weighted by Crippen LogP contribution is -2.41. The molecule has 1 fully saturated rings. The summed E-state index contributed by atoms with van der Waals surface area (Å²) in [6.45, 7) is -0.0647. The fraction of sp³-hybridized carbons (Fsp3) is 1.00. The molecule has 1 aliphatic rings. The molecule has 1 heterocycles. The maximum absolute atomic E-state index is 9.11. The van der Waals surface area contributed by atoms with Gasteiger partial charge in [0, 0.05) is 12.8 Å². The van der Waals surface area contributed by atoms with Gasteiger partial charge in [-0.05, 0) is 0 Å². The Balaban J connectivity index is 2.35. The number of rotatable bonds is 1. The summed E-state index contributed by atoms with van der Waals surface area (Å²) in [5.41, 5.74) is 5.40. The van der Waals surface area contributed by atoms with Crippen molar-refractivity contribution >= 4 is 0 Å². The lowest BCUT2D eigenvalue weighted by molar-refractivity contribution is -0.109. The molecule has 60 valence electrons. The van der Waals surface area contributed by atoms with Crippen LogP contribution in [0.1, 0.15) is 12.8 Å². The Bertz CT molecular complexity index is 99.2. The maximum Gasteiger partial charge on any atom is 0.108 e. The Labute approximate surface area is 59.6 Å². The van der Waals surface area contributed by atoms with Gasteiger partial charge in [0.05, 0.1) is 18.8 Å². The second kappa shape index (κ2) is 3.30. The fourth-order valence-electron chi connectivity index (χ4n) is 1.14. The minimum absolute atomic E-state index is 0.0647. The van der Waals surface area contributed by atoms with E-state index in [2.05, 4.69) is 0 Å². The number of aliphatic hydroxyl groups excluding tert-OH is 2. The molecular weight excluding hydrogens is 134 g/mol. The highest BCUT2D eigenvalue weighted by Gasteiger charge is 2.24. The molecule has 0 amide bonds. The van der Waals surface area contributed by atoms with Crippen LogP contribution in [0.25, 0.3) is 0 Å². The van der Waals surface area contributed by atoms with Crippen molar-refractivity contribution in [3.05, 3.63) is 0 Å². The molecule has 0 aromatic rings. The van der Waals surface area contributed by atoms with Crippen LogP contribution >= 0.6 is 0 Å². The van der Waals surface area contributed by atoms with Crippen LogP contribution in [0.5, 0.6) is 0 Å². The van der Waals surface area contributed by atoms with Gasteiger partial charge in [-0.25, -0.2) is 0 Å². The Hall–Kier alpha value is -0.160. The van der Waals surface area contributed by atoms with Crippen LogP contribution in [0.15, 0.2) is 0 Å². The van der Waals surface area contributed by atoms with Crippen molar-refractivity contribution in [3.8, 4) is 0 Å². The topological polar surface area (TPSA) is 75.7 Å². The van der Waals surface area contributed by atoms with Crippen LogP contribution in [-0.4, -0.2) is 35.3 Å². The van der Waals surface area contributed by atoms with Crippen molar-refractivity contribution in [1.82, 2.24) is 0 Å². The van der Waals surface area contributed by atoms with E-state index < -0.39 is 12.3 Å². The average molecular weight is 147 g/mol. The standard InChI is InChI=1S/C6H13NO3/c7-6-2-4(9)1-5(3-8)10-6/h4-6,8-9H,1-3,7H2/t4-,5-,6?/m0/s1. The third-order valence-corrected chi connectivity index (χ3v) is 1.61. The van der Waals surface area contributed by atoms with E-state index in [0.717, 1.165) is 0 Å². The van der Waals surface area contributed by atoms with Gasteiger partial charge in [-0.3, -0.25) is 0 Å². The van der Waals surface area contributed by atoms with E-state index in [0.29, 0.717) is 12.8 Å². The molecule has 4 heteroatoms. The van der Waals surface area contributed by atoms with E-state index in [4.69, 9.17) is 20.7 Å². The molecule has 0 bridgehead atoms. The Morgan fingerprint density at radius 1 is 1.50 bits per heavy atom. The Morgan fingerprint density at radius 2 is 2.20 bits per heavy atom. The van der Waals surface area contributed by atoms with Gasteiger partial charge in [-0.1, -0.05) is 0 Å². The molecule has 10 heavy (non-hydrogen) atoms. The molecule has 1 rings (SSSR count). The molecule has 0 radical (unpaired) electrons. The molecule has 0 saturated carbocycles.